The Morgan fingerprint density at radius 1 is 1.29 bits per heavy atom. The topological polar surface area (TPSA) is 35.5 Å². The highest BCUT2D eigenvalue weighted by Crippen LogP contribution is 2.12. The average molecular weight is 242 g/mol. The van der Waals surface area contributed by atoms with E-state index in [0.717, 1.165) is 13.0 Å². The lowest BCUT2D eigenvalue weighted by Gasteiger charge is -2.33. The monoisotopic (exact) mass is 242 g/mol. The summed E-state index contributed by atoms with van der Waals surface area (Å²) in [4.78, 5) is 2.54. The Hall–Kier alpha value is -0.120. The van der Waals surface area contributed by atoms with Crippen LogP contribution in [-0.4, -0.2) is 48.3 Å². The molecule has 0 aromatic heterocycles. The first-order valence-electron chi connectivity index (χ1n) is 7.31. The zero-order valence-electron chi connectivity index (χ0n) is 11.8. The molecule has 3 nitrogen and oxygen atoms in total. The second-order valence-corrected chi connectivity index (χ2v) is 5.48. The Morgan fingerprint density at radius 2 is 1.94 bits per heavy atom. The highest BCUT2D eigenvalue weighted by atomic mass is 16.3. The third-order valence-corrected chi connectivity index (χ3v) is 4.04. The number of hydrogen-bond donors (Lipinski definition) is 2. The summed E-state index contributed by atoms with van der Waals surface area (Å²) in [5, 5.41) is 13.4. The van der Waals surface area contributed by atoms with Gasteiger partial charge in [0.15, 0.2) is 0 Å². The van der Waals surface area contributed by atoms with Crippen molar-refractivity contribution in [1.29, 1.82) is 0 Å². The molecule has 0 aromatic carbocycles. The minimum Gasteiger partial charge on any atom is -0.392 e. The van der Waals surface area contributed by atoms with E-state index >= 15 is 0 Å². The van der Waals surface area contributed by atoms with E-state index < -0.39 is 0 Å². The summed E-state index contributed by atoms with van der Waals surface area (Å²) in [6.45, 7) is 10.9. The second kappa shape index (κ2) is 8.06. The van der Waals surface area contributed by atoms with Gasteiger partial charge in [0.25, 0.3) is 0 Å². The molecule has 2 atom stereocenters. The number of piperidine rings is 1. The van der Waals surface area contributed by atoms with Crippen LogP contribution in [0.25, 0.3) is 0 Å². The Kier molecular flexibility index (Phi) is 7.09. The van der Waals surface area contributed by atoms with Gasteiger partial charge in [-0.2, -0.15) is 0 Å². The van der Waals surface area contributed by atoms with Crippen LogP contribution in [0.5, 0.6) is 0 Å². The average Bonchev–Trinajstić information content (AvgIpc) is 2.37. The Balaban J connectivity index is 2.13. The van der Waals surface area contributed by atoms with Crippen LogP contribution in [0.3, 0.4) is 0 Å². The van der Waals surface area contributed by atoms with Crippen LogP contribution in [0.2, 0.25) is 0 Å². The van der Waals surface area contributed by atoms with Crippen molar-refractivity contribution >= 4 is 0 Å². The van der Waals surface area contributed by atoms with E-state index in [4.69, 9.17) is 0 Å². The maximum atomic E-state index is 9.91. The first-order chi connectivity index (χ1) is 8.17. The first-order valence-corrected chi connectivity index (χ1v) is 7.31. The molecule has 0 saturated carbocycles. The van der Waals surface area contributed by atoms with E-state index in [0.29, 0.717) is 12.0 Å². The molecule has 1 heterocycles. The van der Waals surface area contributed by atoms with E-state index in [-0.39, 0.29) is 6.10 Å². The lowest BCUT2D eigenvalue weighted by molar-refractivity contribution is 0.103. The van der Waals surface area contributed by atoms with Crippen LogP contribution in [0.4, 0.5) is 0 Å². The molecular formula is C14H30N2O. The summed E-state index contributed by atoms with van der Waals surface area (Å²) in [6, 6.07) is 0.613. The van der Waals surface area contributed by atoms with Crippen LogP contribution >= 0.6 is 0 Å². The van der Waals surface area contributed by atoms with E-state index in [2.05, 4.69) is 31.0 Å². The Morgan fingerprint density at radius 3 is 2.47 bits per heavy atom. The molecule has 3 heteroatoms. The molecule has 2 unspecified atom stereocenters. The molecule has 0 amide bonds. The van der Waals surface area contributed by atoms with Gasteiger partial charge in [-0.3, -0.25) is 0 Å². The van der Waals surface area contributed by atoms with Crippen molar-refractivity contribution in [2.75, 3.05) is 26.2 Å². The van der Waals surface area contributed by atoms with Crippen molar-refractivity contribution in [3.63, 3.8) is 0 Å². The van der Waals surface area contributed by atoms with E-state index in [9.17, 15) is 5.11 Å². The smallest absolute Gasteiger partial charge is 0.0690 e. The van der Waals surface area contributed by atoms with Gasteiger partial charge in [0.2, 0.25) is 0 Å². The summed E-state index contributed by atoms with van der Waals surface area (Å²) >= 11 is 0. The van der Waals surface area contributed by atoms with Crippen LogP contribution in [0, 0.1) is 5.92 Å². The fourth-order valence-corrected chi connectivity index (χ4v) is 2.44. The van der Waals surface area contributed by atoms with Gasteiger partial charge in [0, 0.05) is 12.6 Å². The van der Waals surface area contributed by atoms with Crippen LogP contribution in [0.15, 0.2) is 0 Å². The van der Waals surface area contributed by atoms with Crippen molar-refractivity contribution in [2.24, 2.45) is 5.92 Å². The highest BCUT2D eigenvalue weighted by Gasteiger charge is 2.19. The van der Waals surface area contributed by atoms with Crippen molar-refractivity contribution in [3.05, 3.63) is 0 Å². The SMILES string of the molecule is CCCN1CCC(NCC(O)C(C)CC)CC1. The van der Waals surface area contributed by atoms with Gasteiger partial charge < -0.3 is 15.3 Å². The van der Waals surface area contributed by atoms with Gasteiger partial charge in [0.05, 0.1) is 6.10 Å². The molecule has 0 aromatic rings. The van der Waals surface area contributed by atoms with Crippen molar-refractivity contribution in [3.8, 4) is 0 Å². The van der Waals surface area contributed by atoms with Crippen molar-refractivity contribution < 1.29 is 5.11 Å². The summed E-state index contributed by atoms with van der Waals surface area (Å²) in [7, 11) is 0. The fourth-order valence-electron chi connectivity index (χ4n) is 2.44. The third-order valence-electron chi connectivity index (χ3n) is 4.04. The first kappa shape index (κ1) is 14.9. The van der Waals surface area contributed by atoms with E-state index in [1.807, 2.05) is 0 Å². The molecule has 1 aliphatic rings. The molecular weight excluding hydrogens is 212 g/mol. The number of rotatable bonds is 7. The van der Waals surface area contributed by atoms with E-state index in [1.54, 1.807) is 0 Å². The number of nitrogens with one attached hydrogen (secondary N) is 1. The molecule has 0 radical (unpaired) electrons. The Bertz CT molecular complexity index is 191. The van der Waals surface area contributed by atoms with Gasteiger partial charge >= 0.3 is 0 Å². The summed E-state index contributed by atoms with van der Waals surface area (Å²) in [5.74, 6) is 0.405. The van der Waals surface area contributed by atoms with Crippen molar-refractivity contribution in [2.45, 2.75) is 58.6 Å². The molecule has 1 rings (SSSR count). The normalized spacial score (nSPS) is 22.6. The number of aliphatic hydroxyl groups is 1. The predicted molar refractivity (Wildman–Crippen MR) is 73.2 cm³/mol. The minimum absolute atomic E-state index is 0.186. The van der Waals surface area contributed by atoms with E-state index in [1.165, 1.54) is 38.9 Å². The van der Waals surface area contributed by atoms with Crippen molar-refractivity contribution in [1.82, 2.24) is 10.2 Å². The molecule has 1 fully saturated rings. The van der Waals surface area contributed by atoms with Gasteiger partial charge in [-0.25, -0.2) is 0 Å². The molecule has 0 aliphatic carbocycles. The van der Waals surface area contributed by atoms with Gasteiger partial charge in [-0.05, 0) is 44.8 Å². The molecule has 1 aliphatic heterocycles. The third kappa shape index (κ3) is 5.36. The molecule has 1 saturated heterocycles. The Labute approximate surface area is 107 Å². The van der Waals surface area contributed by atoms with Crippen LogP contribution < -0.4 is 5.32 Å². The quantitative estimate of drug-likeness (QED) is 0.715. The number of hydrogen-bond acceptors (Lipinski definition) is 3. The number of likely N-dealkylation sites (tertiary alicyclic amines) is 1. The van der Waals surface area contributed by atoms with Crippen LogP contribution in [-0.2, 0) is 0 Å². The molecule has 17 heavy (non-hydrogen) atoms. The highest BCUT2D eigenvalue weighted by molar-refractivity contribution is 4.78. The maximum absolute atomic E-state index is 9.91. The van der Waals surface area contributed by atoms with Crippen LogP contribution in [0.1, 0.15) is 46.5 Å². The molecule has 0 bridgehead atoms. The zero-order chi connectivity index (χ0) is 12.7. The lowest BCUT2D eigenvalue weighted by atomic mass is 10.0. The maximum Gasteiger partial charge on any atom is 0.0690 e. The largest absolute Gasteiger partial charge is 0.392 e. The molecule has 2 N–H and O–H groups in total. The standard InChI is InChI=1S/C14H30N2O/c1-4-8-16-9-6-13(7-10-16)15-11-14(17)12(3)5-2/h12-15,17H,4-11H2,1-3H3. The predicted octanol–water partition coefficient (Wildman–Crippen LogP) is 1.86. The second-order valence-electron chi connectivity index (χ2n) is 5.48. The summed E-state index contributed by atoms with van der Waals surface area (Å²) in [6.07, 6.45) is 4.58. The minimum atomic E-state index is -0.186. The summed E-state index contributed by atoms with van der Waals surface area (Å²) < 4.78 is 0. The fraction of sp³-hybridized carbons (Fsp3) is 1.00. The van der Waals surface area contributed by atoms with Gasteiger partial charge in [-0.15, -0.1) is 0 Å². The van der Waals surface area contributed by atoms with Gasteiger partial charge in [0.1, 0.15) is 0 Å². The number of nitrogens with zero attached hydrogens (tertiary/aromatic N) is 1. The molecule has 0 spiro atoms. The zero-order valence-corrected chi connectivity index (χ0v) is 11.8. The summed E-state index contributed by atoms with van der Waals surface area (Å²) in [5.41, 5.74) is 0. The lowest BCUT2D eigenvalue weighted by Crippen LogP contribution is -2.45. The molecule has 102 valence electrons. The number of aliphatic hydroxyl groups excluding tert-OH is 1. The van der Waals surface area contributed by atoms with Gasteiger partial charge in [-0.1, -0.05) is 27.2 Å².